The minimum Gasteiger partial charge on any atom is -0.360 e. The molecule has 7 heteroatoms. The van der Waals surface area contributed by atoms with Gasteiger partial charge < -0.3 is 4.98 Å². The number of aromatic nitrogens is 1. The molecule has 0 bridgehead atoms. The number of hydrazone groups is 1. The molecule has 0 fully saturated rings. The number of hydrogen-bond acceptors (Lipinski definition) is 5. The van der Waals surface area contributed by atoms with Crippen LogP contribution in [0.3, 0.4) is 0 Å². The molecule has 0 aliphatic heterocycles. The molecule has 0 spiro atoms. The molecule has 1 heterocycles. The number of nitro groups is 1. The van der Waals surface area contributed by atoms with Crippen molar-refractivity contribution in [1.82, 2.24) is 4.98 Å². The van der Waals surface area contributed by atoms with Crippen LogP contribution in [0.15, 0.2) is 90.2 Å². The summed E-state index contributed by atoms with van der Waals surface area (Å²) in [6.07, 6.45) is 1.65. The fraction of sp³-hybridized carbons (Fsp3) is 0. The first kappa shape index (κ1) is 18.1. The van der Waals surface area contributed by atoms with Crippen LogP contribution < -0.4 is 5.43 Å². The zero-order valence-electron chi connectivity index (χ0n) is 15.2. The van der Waals surface area contributed by atoms with Crippen LogP contribution in [0, 0.1) is 10.1 Å². The molecule has 1 aromatic heterocycles. The van der Waals surface area contributed by atoms with E-state index in [1.165, 1.54) is 24.3 Å². The molecule has 7 nitrogen and oxygen atoms in total. The van der Waals surface area contributed by atoms with Gasteiger partial charge in [0.2, 0.25) is 5.78 Å². The summed E-state index contributed by atoms with van der Waals surface area (Å²) in [6.45, 7) is 0. The van der Waals surface area contributed by atoms with E-state index in [2.05, 4.69) is 15.5 Å². The van der Waals surface area contributed by atoms with Gasteiger partial charge in [0, 0.05) is 40.4 Å². The predicted molar refractivity (Wildman–Crippen MR) is 112 cm³/mol. The van der Waals surface area contributed by atoms with Crippen LogP contribution in [0.25, 0.3) is 10.9 Å². The third-order valence-corrected chi connectivity index (χ3v) is 4.47. The lowest BCUT2D eigenvalue weighted by Gasteiger charge is -2.07. The first-order valence-corrected chi connectivity index (χ1v) is 8.88. The molecule has 2 N–H and O–H groups in total. The van der Waals surface area contributed by atoms with Gasteiger partial charge in [0.05, 0.1) is 10.6 Å². The van der Waals surface area contributed by atoms with E-state index in [1.54, 1.807) is 6.20 Å². The Balaban J connectivity index is 1.76. The van der Waals surface area contributed by atoms with Crippen LogP contribution in [0.2, 0.25) is 0 Å². The van der Waals surface area contributed by atoms with Crippen molar-refractivity contribution in [2.45, 2.75) is 0 Å². The molecule has 0 unspecified atom stereocenters. The van der Waals surface area contributed by atoms with Gasteiger partial charge in [-0.05, 0) is 30.3 Å². The van der Waals surface area contributed by atoms with Gasteiger partial charge in [-0.2, -0.15) is 5.10 Å². The van der Waals surface area contributed by atoms with E-state index in [0.29, 0.717) is 11.1 Å². The van der Waals surface area contributed by atoms with Gasteiger partial charge in [-0.25, -0.2) is 0 Å². The van der Waals surface area contributed by atoms with Crippen LogP contribution in [-0.4, -0.2) is 21.4 Å². The summed E-state index contributed by atoms with van der Waals surface area (Å²) in [5.41, 5.74) is 5.53. The van der Waals surface area contributed by atoms with E-state index >= 15 is 0 Å². The molecular weight excluding hydrogens is 368 g/mol. The van der Waals surface area contributed by atoms with E-state index in [0.717, 1.165) is 16.6 Å². The maximum Gasteiger partial charge on any atom is 0.269 e. The van der Waals surface area contributed by atoms with E-state index in [-0.39, 0.29) is 17.2 Å². The van der Waals surface area contributed by atoms with Gasteiger partial charge in [0.1, 0.15) is 5.71 Å². The number of rotatable bonds is 6. The molecule has 0 saturated heterocycles. The number of benzene rings is 3. The lowest BCUT2D eigenvalue weighted by atomic mass is 10.00. The number of hydrogen-bond donors (Lipinski definition) is 2. The number of nitro benzene ring substituents is 1. The number of nitrogens with zero attached hydrogens (tertiary/aromatic N) is 2. The quantitative estimate of drug-likeness (QED) is 0.216. The van der Waals surface area contributed by atoms with Gasteiger partial charge >= 0.3 is 0 Å². The number of Topliss-reactive ketones (excluding diaryl/α,β-unsaturated/α-hetero) is 1. The molecule has 142 valence electrons. The van der Waals surface area contributed by atoms with E-state index in [4.69, 9.17) is 0 Å². The second-order valence-corrected chi connectivity index (χ2v) is 6.32. The third-order valence-electron chi connectivity index (χ3n) is 4.47. The van der Waals surface area contributed by atoms with Crippen LogP contribution in [0.5, 0.6) is 0 Å². The van der Waals surface area contributed by atoms with E-state index in [9.17, 15) is 14.9 Å². The van der Waals surface area contributed by atoms with Gasteiger partial charge in [0.25, 0.3) is 5.69 Å². The second-order valence-electron chi connectivity index (χ2n) is 6.32. The SMILES string of the molecule is O=C(/C(=N/Nc1ccccc1)c1ccc([N+](=O)[O-])cc1)c1c[nH]c2ccccc12. The lowest BCUT2D eigenvalue weighted by Crippen LogP contribution is -2.17. The Kier molecular flexibility index (Phi) is 4.86. The first-order valence-electron chi connectivity index (χ1n) is 8.88. The van der Waals surface area contributed by atoms with Crippen molar-refractivity contribution >= 4 is 33.8 Å². The summed E-state index contributed by atoms with van der Waals surface area (Å²) in [5.74, 6) is -0.292. The van der Waals surface area contributed by atoms with Gasteiger partial charge in [-0.3, -0.25) is 20.3 Å². The standard InChI is InChI=1S/C22H16N4O3/c27-22(19-14-23-20-9-5-4-8-18(19)20)21(25-24-16-6-2-1-3-7-16)15-10-12-17(13-11-15)26(28)29/h1-14,23-24H/b25-21+. The number of H-pyrrole nitrogens is 1. The molecule has 4 rings (SSSR count). The van der Waals surface area contributed by atoms with Crippen LogP contribution in [-0.2, 0) is 0 Å². The van der Waals surface area contributed by atoms with Gasteiger partial charge in [-0.15, -0.1) is 0 Å². The summed E-state index contributed by atoms with van der Waals surface area (Å²) in [4.78, 5) is 26.9. The molecule has 4 aromatic rings. The Bertz CT molecular complexity index is 1210. The van der Waals surface area contributed by atoms with Crippen molar-refractivity contribution in [2.75, 3.05) is 5.43 Å². The molecule has 0 radical (unpaired) electrons. The zero-order valence-corrected chi connectivity index (χ0v) is 15.2. The Labute approximate surface area is 165 Å². The van der Waals surface area contributed by atoms with E-state index in [1.807, 2.05) is 54.6 Å². The maximum atomic E-state index is 13.3. The van der Waals surface area contributed by atoms with Crippen molar-refractivity contribution in [3.63, 3.8) is 0 Å². The predicted octanol–water partition coefficient (Wildman–Crippen LogP) is 4.78. The Morgan fingerprint density at radius 1 is 0.931 bits per heavy atom. The number of para-hydroxylation sites is 2. The molecule has 0 saturated carbocycles. The molecule has 29 heavy (non-hydrogen) atoms. The van der Waals surface area contributed by atoms with Crippen LogP contribution in [0.1, 0.15) is 15.9 Å². The fourth-order valence-electron chi connectivity index (χ4n) is 3.01. The number of anilines is 1. The molecule has 3 aromatic carbocycles. The summed E-state index contributed by atoms with van der Waals surface area (Å²) in [5, 5.41) is 16.1. The number of nitrogens with one attached hydrogen (secondary N) is 2. The smallest absolute Gasteiger partial charge is 0.269 e. The minimum atomic E-state index is -0.482. The minimum absolute atomic E-state index is 0.0522. The number of ketones is 1. The van der Waals surface area contributed by atoms with Crippen molar-refractivity contribution in [1.29, 1.82) is 0 Å². The molecule has 0 amide bonds. The highest BCUT2D eigenvalue weighted by molar-refractivity contribution is 6.53. The number of aromatic amines is 1. The molecule has 0 aliphatic carbocycles. The third kappa shape index (κ3) is 3.74. The largest absolute Gasteiger partial charge is 0.360 e. The number of non-ortho nitro benzene ring substituents is 1. The van der Waals surface area contributed by atoms with Crippen LogP contribution in [0.4, 0.5) is 11.4 Å². The van der Waals surface area contributed by atoms with Crippen molar-refractivity contribution in [2.24, 2.45) is 5.10 Å². The summed E-state index contributed by atoms with van der Waals surface area (Å²) < 4.78 is 0. The van der Waals surface area contributed by atoms with Gasteiger partial charge in [0.15, 0.2) is 0 Å². The van der Waals surface area contributed by atoms with Crippen molar-refractivity contribution in [3.05, 3.63) is 106 Å². The second kappa shape index (κ2) is 7.77. The molecule has 0 atom stereocenters. The topological polar surface area (TPSA) is 100 Å². The van der Waals surface area contributed by atoms with Crippen LogP contribution >= 0.6 is 0 Å². The monoisotopic (exact) mass is 384 g/mol. The highest BCUT2D eigenvalue weighted by Crippen LogP contribution is 2.21. The lowest BCUT2D eigenvalue weighted by molar-refractivity contribution is -0.384. The average Bonchev–Trinajstić information content (AvgIpc) is 3.19. The highest BCUT2D eigenvalue weighted by Gasteiger charge is 2.21. The van der Waals surface area contributed by atoms with Crippen molar-refractivity contribution < 1.29 is 9.72 Å². The summed E-state index contributed by atoms with van der Waals surface area (Å²) >= 11 is 0. The van der Waals surface area contributed by atoms with E-state index < -0.39 is 4.92 Å². The van der Waals surface area contributed by atoms with Crippen molar-refractivity contribution in [3.8, 4) is 0 Å². The zero-order chi connectivity index (χ0) is 20.2. The summed E-state index contributed by atoms with van der Waals surface area (Å²) in [7, 11) is 0. The fourth-order valence-corrected chi connectivity index (χ4v) is 3.01. The molecule has 0 aliphatic rings. The Hall–Kier alpha value is -4.26. The molecular formula is C22H16N4O3. The maximum absolute atomic E-state index is 13.3. The Morgan fingerprint density at radius 2 is 1.62 bits per heavy atom. The normalized spacial score (nSPS) is 11.4. The first-order chi connectivity index (χ1) is 14.1. The number of fused-ring (bicyclic) bond motifs is 1. The average molecular weight is 384 g/mol. The number of carbonyl (C=O) groups excluding carboxylic acids is 1. The highest BCUT2D eigenvalue weighted by atomic mass is 16.6. The summed E-state index contributed by atoms with van der Waals surface area (Å²) in [6, 6.07) is 22.5. The Morgan fingerprint density at radius 3 is 2.34 bits per heavy atom. The number of carbonyl (C=O) groups is 1. The van der Waals surface area contributed by atoms with Gasteiger partial charge in [-0.1, -0.05) is 36.4 Å².